The van der Waals surface area contributed by atoms with E-state index in [1.165, 1.54) is 0 Å². The molecule has 0 radical (unpaired) electrons. The molecular weight excluding hydrogens is 159 g/mol. The SMILES string of the molecule is C=C([O-])c1ccc(OCC)cc1.[Li+]. The smallest absolute Gasteiger partial charge is 0.872 e. The van der Waals surface area contributed by atoms with E-state index in [4.69, 9.17) is 4.74 Å². The molecule has 13 heavy (non-hydrogen) atoms. The van der Waals surface area contributed by atoms with Gasteiger partial charge in [0, 0.05) is 0 Å². The largest absolute Gasteiger partial charge is 1.00 e. The summed E-state index contributed by atoms with van der Waals surface area (Å²) in [6.45, 7) is 5.86. The van der Waals surface area contributed by atoms with Crippen molar-refractivity contribution < 1.29 is 28.7 Å². The summed E-state index contributed by atoms with van der Waals surface area (Å²) in [4.78, 5) is 0. The molecule has 0 saturated heterocycles. The summed E-state index contributed by atoms with van der Waals surface area (Å²) in [5, 5.41) is 10.8. The van der Waals surface area contributed by atoms with E-state index in [-0.39, 0.29) is 24.6 Å². The summed E-state index contributed by atoms with van der Waals surface area (Å²) in [5.41, 5.74) is 0.610. The standard InChI is InChI=1S/C10H12O2.Li/c1-3-12-10-6-4-9(5-7-10)8(2)11;/h4-7,11H,2-3H2,1H3;/q;+1/p-1. The molecule has 3 heteroatoms. The van der Waals surface area contributed by atoms with Crippen molar-refractivity contribution >= 4 is 5.76 Å². The van der Waals surface area contributed by atoms with Crippen LogP contribution >= 0.6 is 0 Å². The topological polar surface area (TPSA) is 32.3 Å². The van der Waals surface area contributed by atoms with E-state index in [9.17, 15) is 5.11 Å². The Labute approximate surface area is 90.4 Å². The van der Waals surface area contributed by atoms with Gasteiger partial charge in [0.2, 0.25) is 0 Å². The van der Waals surface area contributed by atoms with Gasteiger partial charge in [-0.1, -0.05) is 12.1 Å². The zero-order valence-electron chi connectivity index (χ0n) is 8.04. The minimum atomic E-state index is -0.168. The fourth-order valence-corrected chi connectivity index (χ4v) is 0.904. The van der Waals surface area contributed by atoms with Crippen LogP contribution in [0.1, 0.15) is 12.5 Å². The molecule has 0 N–H and O–H groups in total. The third kappa shape index (κ3) is 3.58. The third-order valence-electron chi connectivity index (χ3n) is 1.49. The molecular formula is C10H11LiO2. The molecule has 0 aliphatic carbocycles. The number of benzene rings is 1. The van der Waals surface area contributed by atoms with E-state index >= 15 is 0 Å². The van der Waals surface area contributed by atoms with Gasteiger partial charge in [0.1, 0.15) is 5.75 Å². The Kier molecular flexibility index (Phi) is 5.37. The second-order valence-corrected chi connectivity index (χ2v) is 2.38. The molecule has 1 aromatic rings. The maximum Gasteiger partial charge on any atom is 1.00 e. The van der Waals surface area contributed by atoms with Crippen molar-refractivity contribution in [1.82, 2.24) is 0 Å². The minimum absolute atomic E-state index is 0. The Morgan fingerprint density at radius 3 is 2.31 bits per heavy atom. The van der Waals surface area contributed by atoms with Crippen molar-refractivity contribution in [3.63, 3.8) is 0 Å². The molecule has 0 saturated carbocycles. The second-order valence-electron chi connectivity index (χ2n) is 2.38. The molecule has 0 heterocycles. The van der Waals surface area contributed by atoms with E-state index in [1.807, 2.05) is 6.92 Å². The van der Waals surface area contributed by atoms with Crippen LogP contribution in [0, 0.1) is 0 Å². The van der Waals surface area contributed by atoms with Crippen molar-refractivity contribution in [1.29, 1.82) is 0 Å². The van der Waals surface area contributed by atoms with Crippen LogP contribution in [0.3, 0.4) is 0 Å². The normalized spacial score (nSPS) is 8.69. The molecule has 0 amide bonds. The zero-order valence-corrected chi connectivity index (χ0v) is 8.04. The first-order valence-electron chi connectivity index (χ1n) is 3.83. The zero-order chi connectivity index (χ0) is 8.97. The number of hydrogen-bond donors (Lipinski definition) is 0. The predicted molar refractivity (Wildman–Crippen MR) is 46.6 cm³/mol. The maximum absolute atomic E-state index is 10.8. The van der Waals surface area contributed by atoms with Gasteiger partial charge >= 0.3 is 18.9 Å². The average Bonchev–Trinajstić information content (AvgIpc) is 2.06. The van der Waals surface area contributed by atoms with E-state index in [1.54, 1.807) is 24.3 Å². The molecule has 0 unspecified atom stereocenters. The van der Waals surface area contributed by atoms with Crippen LogP contribution in [-0.2, 0) is 0 Å². The molecule has 1 rings (SSSR count). The predicted octanol–water partition coefficient (Wildman–Crippen LogP) is -1.58. The second kappa shape index (κ2) is 5.74. The van der Waals surface area contributed by atoms with Gasteiger partial charge in [-0.3, -0.25) is 0 Å². The van der Waals surface area contributed by atoms with Gasteiger partial charge in [-0.25, -0.2) is 0 Å². The maximum atomic E-state index is 10.8. The van der Waals surface area contributed by atoms with Crippen molar-refractivity contribution in [2.45, 2.75) is 6.92 Å². The van der Waals surface area contributed by atoms with Gasteiger partial charge in [0.25, 0.3) is 0 Å². The first-order valence-corrected chi connectivity index (χ1v) is 3.83. The van der Waals surface area contributed by atoms with Gasteiger partial charge in [0.15, 0.2) is 0 Å². The van der Waals surface area contributed by atoms with Gasteiger partial charge in [0.05, 0.1) is 6.61 Å². The Hall–Kier alpha value is -0.843. The van der Waals surface area contributed by atoms with Gasteiger partial charge in [-0.15, -0.1) is 12.3 Å². The Bertz CT molecular complexity index is 267. The Morgan fingerprint density at radius 2 is 1.92 bits per heavy atom. The van der Waals surface area contributed by atoms with Crippen LogP contribution in [0.25, 0.3) is 5.76 Å². The fourth-order valence-electron chi connectivity index (χ4n) is 0.904. The van der Waals surface area contributed by atoms with Crippen molar-refractivity contribution in [3.8, 4) is 5.75 Å². The summed E-state index contributed by atoms with van der Waals surface area (Å²) < 4.78 is 5.21. The van der Waals surface area contributed by atoms with Crippen LogP contribution in [0.4, 0.5) is 0 Å². The monoisotopic (exact) mass is 170 g/mol. The average molecular weight is 170 g/mol. The summed E-state index contributed by atoms with van der Waals surface area (Å²) in [5.74, 6) is 0.612. The third-order valence-corrected chi connectivity index (χ3v) is 1.49. The summed E-state index contributed by atoms with van der Waals surface area (Å²) in [7, 11) is 0. The molecule has 0 bridgehead atoms. The van der Waals surface area contributed by atoms with Crippen LogP contribution in [0.2, 0.25) is 0 Å². The molecule has 64 valence electrons. The van der Waals surface area contributed by atoms with Gasteiger partial charge in [-0.2, -0.15) is 0 Å². The van der Waals surface area contributed by atoms with Crippen LogP contribution in [-0.4, -0.2) is 6.61 Å². The van der Waals surface area contributed by atoms with Crippen molar-refractivity contribution in [3.05, 3.63) is 36.4 Å². The van der Waals surface area contributed by atoms with Crippen LogP contribution in [0.15, 0.2) is 30.8 Å². The molecule has 0 atom stereocenters. The number of ether oxygens (including phenoxy) is 1. The number of hydrogen-bond acceptors (Lipinski definition) is 2. The van der Waals surface area contributed by atoms with E-state index in [2.05, 4.69) is 6.58 Å². The van der Waals surface area contributed by atoms with Gasteiger partial charge < -0.3 is 9.84 Å². The number of rotatable bonds is 3. The first-order chi connectivity index (χ1) is 5.74. The molecule has 0 aliphatic rings. The fraction of sp³-hybridized carbons (Fsp3) is 0.200. The summed E-state index contributed by atoms with van der Waals surface area (Å²) in [6, 6.07) is 6.95. The summed E-state index contributed by atoms with van der Waals surface area (Å²) >= 11 is 0. The van der Waals surface area contributed by atoms with Crippen LogP contribution in [0.5, 0.6) is 5.75 Å². The van der Waals surface area contributed by atoms with Gasteiger partial charge in [-0.05, 0) is 24.6 Å². The van der Waals surface area contributed by atoms with Crippen molar-refractivity contribution in [2.24, 2.45) is 0 Å². The first kappa shape index (κ1) is 12.2. The molecule has 0 fully saturated rings. The van der Waals surface area contributed by atoms with Crippen molar-refractivity contribution in [2.75, 3.05) is 6.61 Å². The molecule has 0 spiro atoms. The minimum Gasteiger partial charge on any atom is -0.872 e. The van der Waals surface area contributed by atoms with E-state index < -0.39 is 0 Å². The quantitative estimate of drug-likeness (QED) is 0.405. The molecule has 2 nitrogen and oxygen atoms in total. The molecule has 0 aromatic heterocycles. The molecule has 0 aliphatic heterocycles. The molecule has 1 aromatic carbocycles. The van der Waals surface area contributed by atoms with E-state index in [0.29, 0.717) is 12.2 Å². The Morgan fingerprint density at radius 1 is 1.38 bits per heavy atom. The van der Waals surface area contributed by atoms with Crippen LogP contribution < -0.4 is 28.7 Å². The Balaban J connectivity index is 0.00000144. The summed E-state index contributed by atoms with van der Waals surface area (Å²) in [6.07, 6.45) is 0. The van der Waals surface area contributed by atoms with E-state index in [0.717, 1.165) is 5.75 Å².